The largest absolute Gasteiger partial charge is 0.508 e. The van der Waals surface area contributed by atoms with E-state index in [4.69, 9.17) is 14.5 Å². The maximum Gasteiger partial charge on any atom is 0.415 e. The maximum atomic E-state index is 13.7. The zero-order valence-electron chi connectivity index (χ0n) is 34.2. The standard InChI is InChI=1S/C45H45N7O9/c1-5-28-30-17-27(11-12-35(30)46-39-32(28)22-51-36(39)19-34-33(41(51)55)23-60-42(56)45(34,59)6-2)61-44(58)50-15-13-49(14-16-50)21-25-7-9-26(10-8-25)52-40(47-48-43(52)57)31-18-29(24(3)4)37(53)20-38(31)54/h7-12,17-20,24,53-54,59H,5-6,13-16,21-23H2,1-4H3,(H,48,57). The SMILES string of the molecule is CCc1c2c(nc3ccc(OC(=O)N4CCN(Cc5ccc(-n6c(O)nnc6-c6cc(C(C)C)c(O)cc6O)cc5)CC4)cc13)-c1cc3c(c(=O)n1C2)COC(=O)C3(O)CC. The van der Waals surface area contributed by atoms with E-state index in [1.54, 1.807) is 40.7 Å². The lowest BCUT2D eigenvalue weighted by Gasteiger charge is -2.34. The number of amides is 1. The van der Waals surface area contributed by atoms with Gasteiger partial charge in [0.25, 0.3) is 5.56 Å². The number of fused-ring (bicyclic) bond motifs is 5. The molecule has 1 unspecified atom stereocenters. The fourth-order valence-electron chi connectivity index (χ4n) is 8.79. The van der Waals surface area contributed by atoms with Gasteiger partial charge in [0.15, 0.2) is 11.4 Å². The lowest BCUT2D eigenvalue weighted by Crippen LogP contribution is -2.49. The van der Waals surface area contributed by atoms with Crippen LogP contribution in [-0.2, 0) is 41.2 Å². The number of aromatic hydroxyl groups is 3. The number of aliphatic hydroxyl groups is 1. The van der Waals surface area contributed by atoms with Crippen LogP contribution in [-0.4, -0.2) is 92.8 Å². The number of hydrogen-bond donors (Lipinski definition) is 4. The van der Waals surface area contributed by atoms with Crippen LogP contribution in [0.4, 0.5) is 4.79 Å². The quantitative estimate of drug-likeness (QED) is 0.141. The van der Waals surface area contributed by atoms with Crippen molar-refractivity contribution in [3.63, 3.8) is 0 Å². The third-order valence-electron chi connectivity index (χ3n) is 12.2. The predicted octanol–water partition coefficient (Wildman–Crippen LogP) is 5.45. The van der Waals surface area contributed by atoms with Crippen LogP contribution in [0.1, 0.15) is 73.4 Å². The molecule has 1 atom stereocenters. The van der Waals surface area contributed by atoms with Gasteiger partial charge < -0.3 is 39.4 Å². The van der Waals surface area contributed by atoms with E-state index in [0.717, 1.165) is 22.1 Å². The zero-order chi connectivity index (χ0) is 42.9. The summed E-state index contributed by atoms with van der Waals surface area (Å²) in [6.45, 7) is 10.4. The molecule has 3 aromatic carbocycles. The molecule has 16 heteroatoms. The molecule has 3 aromatic heterocycles. The molecule has 61 heavy (non-hydrogen) atoms. The van der Waals surface area contributed by atoms with Crippen LogP contribution < -0.4 is 10.3 Å². The van der Waals surface area contributed by atoms with Crippen molar-refractivity contribution in [2.45, 2.75) is 71.8 Å². The predicted molar refractivity (Wildman–Crippen MR) is 223 cm³/mol. The van der Waals surface area contributed by atoms with Gasteiger partial charge in [-0.3, -0.25) is 9.69 Å². The number of carbonyl (C=O) groups excluding carboxylic acids is 2. The molecule has 314 valence electrons. The summed E-state index contributed by atoms with van der Waals surface area (Å²) < 4.78 is 14.2. The molecule has 1 amide bonds. The maximum absolute atomic E-state index is 13.7. The average molecular weight is 828 g/mol. The second kappa shape index (κ2) is 15.0. The van der Waals surface area contributed by atoms with Gasteiger partial charge in [-0.05, 0) is 77.9 Å². The van der Waals surface area contributed by atoms with E-state index < -0.39 is 17.7 Å². The van der Waals surface area contributed by atoms with Crippen LogP contribution in [0.15, 0.2) is 65.5 Å². The number of aromatic nitrogens is 5. The number of phenols is 2. The molecule has 1 fully saturated rings. The summed E-state index contributed by atoms with van der Waals surface area (Å²) in [5.41, 5.74) is 4.53. The van der Waals surface area contributed by atoms with E-state index in [-0.39, 0.29) is 65.5 Å². The van der Waals surface area contributed by atoms with Crippen LogP contribution in [0.3, 0.4) is 0 Å². The van der Waals surface area contributed by atoms with Gasteiger partial charge in [-0.15, -0.1) is 5.10 Å². The summed E-state index contributed by atoms with van der Waals surface area (Å²) in [6.07, 6.45) is 0.232. The van der Waals surface area contributed by atoms with Crippen LogP contribution in [0.5, 0.6) is 23.3 Å². The summed E-state index contributed by atoms with van der Waals surface area (Å²) in [7, 11) is 0. The average Bonchev–Trinajstić information content (AvgIpc) is 3.82. The lowest BCUT2D eigenvalue weighted by atomic mass is 9.86. The van der Waals surface area contributed by atoms with Crippen molar-refractivity contribution in [3.05, 3.63) is 104 Å². The number of hydrogen-bond acceptors (Lipinski definition) is 13. The zero-order valence-corrected chi connectivity index (χ0v) is 34.2. The third kappa shape index (κ3) is 6.62. The number of piperazine rings is 1. The van der Waals surface area contributed by atoms with Gasteiger partial charge in [0.1, 0.15) is 23.9 Å². The Balaban J connectivity index is 0.866. The first kappa shape index (κ1) is 39.7. The number of esters is 1. The van der Waals surface area contributed by atoms with Gasteiger partial charge in [-0.25, -0.2) is 19.1 Å². The van der Waals surface area contributed by atoms with E-state index in [9.17, 15) is 34.8 Å². The van der Waals surface area contributed by atoms with Crippen molar-refractivity contribution in [1.29, 1.82) is 0 Å². The van der Waals surface area contributed by atoms with Gasteiger partial charge in [-0.2, -0.15) is 0 Å². The Hall–Kier alpha value is -6.78. The number of carbonyl (C=O) groups is 2. The highest BCUT2D eigenvalue weighted by atomic mass is 16.6. The first-order valence-corrected chi connectivity index (χ1v) is 20.4. The van der Waals surface area contributed by atoms with Crippen molar-refractivity contribution in [3.8, 4) is 51.7 Å². The molecule has 4 N–H and O–H groups in total. The van der Waals surface area contributed by atoms with Crippen LogP contribution in [0.2, 0.25) is 0 Å². The highest BCUT2D eigenvalue weighted by Crippen LogP contribution is 2.42. The highest BCUT2D eigenvalue weighted by molar-refractivity contribution is 5.90. The van der Waals surface area contributed by atoms with Crippen molar-refractivity contribution in [2.24, 2.45) is 0 Å². The van der Waals surface area contributed by atoms with E-state index in [1.807, 2.05) is 51.1 Å². The van der Waals surface area contributed by atoms with Crippen molar-refractivity contribution >= 4 is 23.0 Å². The van der Waals surface area contributed by atoms with E-state index in [2.05, 4.69) is 15.1 Å². The van der Waals surface area contributed by atoms with E-state index in [1.165, 1.54) is 10.6 Å². The molecule has 0 aliphatic carbocycles. The second-order valence-corrected chi connectivity index (χ2v) is 16.1. The number of aryl methyl sites for hydroxylation is 1. The Morgan fingerprint density at radius 2 is 1.67 bits per heavy atom. The molecule has 1 saturated heterocycles. The number of rotatable bonds is 8. The monoisotopic (exact) mass is 827 g/mol. The fourth-order valence-corrected chi connectivity index (χ4v) is 8.79. The lowest BCUT2D eigenvalue weighted by molar-refractivity contribution is -0.172. The molecule has 0 bridgehead atoms. The minimum atomic E-state index is -1.91. The summed E-state index contributed by atoms with van der Waals surface area (Å²) in [6, 6.07) is 17.2. The summed E-state index contributed by atoms with van der Waals surface area (Å²) in [4.78, 5) is 48.6. The van der Waals surface area contributed by atoms with Crippen molar-refractivity contribution < 1.29 is 39.5 Å². The molecule has 0 radical (unpaired) electrons. The van der Waals surface area contributed by atoms with Gasteiger partial charge in [0.05, 0.1) is 40.3 Å². The molecule has 0 spiro atoms. The first-order valence-electron chi connectivity index (χ1n) is 20.4. The van der Waals surface area contributed by atoms with E-state index in [0.29, 0.717) is 78.6 Å². The highest BCUT2D eigenvalue weighted by Gasteiger charge is 2.45. The molecule has 3 aliphatic rings. The first-order chi connectivity index (χ1) is 29.3. The summed E-state index contributed by atoms with van der Waals surface area (Å²) in [5, 5.41) is 51.7. The molecule has 6 aromatic rings. The molecule has 0 saturated carbocycles. The Kier molecular flexibility index (Phi) is 9.78. The molecule has 6 heterocycles. The number of cyclic esters (lactones) is 1. The molecular formula is C45H45N7O9. The van der Waals surface area contributed by atoms with Gasteiger partial charge in [0.2, 0.25) is 0 Å². The number of nitrogens with zero attached hydrogens (tertiary/aromatic N) is 7. The topological polar surface area (TPSA) is 206 Å². The van der Waals surface area contributed by atoms with E-state index >= 15 is 0 Å². The van der Waals surface area contributed by atoms with Gasteiger partial charge >= 0.3 is 18.1 Å². The summed E-state index contributed by atoms with van der Waals surface area (Å²) in [5.74, 6) is -0.383. The number of pyridine rings is 2. The summed E-state index contributed by atoms with van der Waals surface area (Å²) >= 11 is 0. The second-order valence-electron chi connectivity index (χ2n) is 16.1. The molecule has 16 nitrogen and oxygen atoms in total. The molecule has 3 aliphatic heterocycles. The smallest absolute Gasteiger partial charge is 0.415 e. The Morgan fingerprint density at radius 3 is 2.38 bits per heavy atom. The van der Waals surface area contributed by atoms with Gasteiger partial charge in [0, 0.05) is 55.3 Å². The van der Waals surface area contributed by atoms with Crippen LogP contribution >= 0.6 is 0 Å². The number of phenolic OH excluding ortho intramolecular Hbond substituents is 2. The fraction of sp³-hybridized carbons (Fsp3) is 0.333. The van der Waals surface area contributed by atoms with Crippen LogP contribution in [0.25, 0.3) is 39.4 Å². The normalized spacial score (nSPS) is 17.3. The van der Waals surface area contributed by atoms with Gasteiger partial charge in [-0.1, -0.05) is 44.9 Å². The number of benzene rings is 3. The third-order valence-corrected chi connectivity index (χ3v) is 12.2. The Labute approximate surface area is 349 Å². The van der Waals surface area contributed by atoms with Crippen molar-refractivity contribution in [1.82, 2.24) is 34.1 Å². The van der Waals surface area contributed by atoms with Crippen molar-refractivity contribution in [2.75, 3.05) is 26.2 Å². The number of ether oxygens (including phenoxy) is 2. The molecular weight excluding hydrogens is 783 g/mol. The Morgan fingerprint density at radius 1 is 0.918 bits per heavy atom. The minimum Gasteiger partial charge on any atom is -0.508 e. The molecule has 9 rings (SSSR count). The van der Waals surface area contributed by atoms with Crippen LogP contribution in [0, 0.1) is 0 Å². The minimum absolute atomic E-state index is 0.0171. The Bertz CT molecular complexity index is 2830.